The van der Waals surface area contributed by atoms with E-state index >= 15 is 0 Å². The molecular weight excluding hydrogens is 193 g/mol. The molecule has 3 nitrogen and oxygen atoms in total. The van der Waals surface area contributed by atoms with Crippen LogP contribution < -0.4 is 5.14 Å². The average Bonchev–Trinajstić information content (AvgIpc) is 1.94. The number of hydrogen-bond donors (Lipinski definition) is 1. The summed E-state index contributed by atoms with van der Waals surface area (Å²) in [5, 5.41) is 4.81. The third-order valence-corrected chi connectivity index (χ3v) is 2.78. The fourth-order valence-corrected chi connectivity index (χ4v) is 1.64. The first kappa shape index (κ1) is 10.1. The molecule has 0 atom stereocenters. The quantitative estimate of drug-likeness (QED) is 0.742. The molecule has 1 rings (SSSR count). The van der Waals surface area contributed by atoms with E-state index in [1.54, 1.807) is 13.8 Å². The second-order valence-electron chi connectivity index (χ2n) is 2.91. The Morgan fingerprint density at radius 3 is 2.15 bits per heavy atom. The maximum atomic E-state index is 13.1. The van der Waals surface area contributed by atoms with Crippen molar-refractivity contribution in [2.24, 2.45) is 5.14 Å². The van der Waals surface area contributed by atoms with Gasteiger partial charge in [-0.1, -0.05) is 0 Å². The number of benzene rings is 1. The smallest absolute Gasteiger partial charge is 0.225 e. The maximum Gasteiger partial charge on any atom is 0.240 e. The maximum absolute atomic E-state index is 13.1. The summed E-state index contributed by atoms with van der Waals surface area (Å²) in [5.74, 6) is -0.800. The molecule has 2 N–H and O–H groups in total. The van der Waals surface area contributed by atoms with Gasteiger partial charge in [0.05, 0.1) is 0 Å². The van der Waals surface area contributed by atoms with Gasteiger partial charge in [-0.25, -0.2) is 17.9 Å². The van der Waals surface area contributed by atoms with Crippen LogP contribution in [0.3, 0.4) is 0 Å². The first-order chi connectivity index (χ1) is 5.82. The van der Waals surface area contributed by atoms with Gasteiger partial charge >= 0.3 is 0 Å². The fraction of sp³-hybridized carbons (Fsp3) is 0.250. The summed E-state index contributed by atoms with van der Waals surface area (Å²) >= 11 is 0. The predicted molar refractivity (Wildman–Crippen MR) is 47.2 cm³/mol. The third-order valence-electron chi connectivity index (χ3n) is 1.85. The lowest BCUT2D eigenvalue weighted by molar-refractivity contribution is 0.567. The van der Waals surface area contributed by atoms with Gasteiger partial charge in [-0.15, -0.1) is 0 Å². The highest BCUT2D eigenvalue weighted by Crippen LogP contribution is 2.17. The zero-order chi connectivity index (χ0) is 10.2. The molecule has 1 aromatic rings. The second-order valence-corrected chi connectivity index (χ2v) is 4.44. The highest BCUT2D eigenvalue weighted by Gasteiger charge is 2.14. The van der Waals surface area contributed by atoms with Crippen LogP contribution in [0.2, 0.25) is 0 Å². The summed E-state index contributed by atoms with van der Waals surface area (Å²) in [5.41, 5.74) is 1.40. The topological polar surface area (TPSA) is 60.2 Å². The van der Waals surface area contributed by atoms with Crippen LogP contribution in [0.1, 0.15) is 11.1 Å². The van der Waals surface area contributed by atoms with E-state index < -0.39 is 20.7 Å². The van der Waals surface area contributed by atoms with Gasteiger partial charge in [0.1, 0.15) is 10.7 Å². The van der Waals surface area contributed by atoms with Crippen molar-refractivity contribution in [1.82, 2.24) is 0 Å². The summed E-state index contributed by atoms with van der Waals surface area (Å²) in [4.78, 5) is -0.449. The van der Waals surface area contributed by atoms with Gasteiger partial charge in [0, 0.05) is 0 Å². The van der Waals surface area contributed by atoms with Crippen LogP contribution >= 0.6 is 0 Å². The molecule has 0 spiro atoms. The molecule has 0 unspecified atom stereocenters. The average molecular weight is 203 g/mol. The highest BCUT2D eigenvalue weighted by atomic mass is 32.2. The largest absolute Gasteiger partial charge is 0.240 e. The predicted octanol–water partition coefficient (Wildman–Crippen LogP) is 1.09. The Balaban J connectivity index is 3.50. The van der Waals surface area contributed by atoms with Gasteiger partial charge in [0.2, 0.25) is 10.0 Å². The number of rotatable bonds is 1. The van der Waals surface area contributed by atoms with Crippen molar-refractivity contribution in [3.63, 3.8) is 0 Å². The molecule has 13 heavy (non-hydrogen) atoms. The monoisotopic (exact) mass is 203 g/mol. The van der Waals surface area contributed by atoms with E-state index in [0.717, 1.165) is 6.07 Å². The van der Waals surface area contributed by atoms with Crippen molar-refractivity contribution in [1.29, 1.82) is 0 Å². The molecule has 0 aliphatic carbocycles. The highest BCUT2D eigenvalue weighted by molar-refractivity contribution is 7.89. The van der Waals surface area contributed by atoms with Gasteiger partial charge < -0.3 is 0 Å². The number of halogens is 1. The minimum atomic E-state index is -3.95. The Hall–Kier alpha value is -0.940. The Bertz CT molecular complexity index is 440. The third kappa shape index (κ3) is 2.05. The van der Waals surface area contributed by atoms with Crippen LogP contribution in [0.25, 0.3) is 0 Å². The van der Waals surface area contributed by atoms with E-state index in [-0.39, 0.29) is 0 Å². The van der Waals surface area contributed by atoms with E-state index in [2.05, 4.69) is 0 Å². The van der Waals surface area contributed by atoms with Crippen molar-refractivity contribution < 1.29 is 12.8 Å². The van der Waals surface area contributed by atoms with Crippen molar-refractivity contribution >= 4 is 10.0 Å². The van der Waals surface area contributed by atoms with Gasteiger partial charge in [-0.05, 0) is 37.1 Å². The molecule has 0 aromatic heterocycles. The van der Waals surface area contributed by atoms with Gasteiger partial charge in [-0.2, -0.15) is 0 Å². The van der Waals surface area contributed by atoms with Crippen LogP contribution in [0.4, 0.5) is 4.39 Å². The Labute approximate surface area is 76.4 Å². The molecule has 0 heterocycles. The minimum Gasteiger partial charge on any atom is -0.225 e. The Kier molecular flexibility index (Phi) is 2.40. The molecule has 0 saturated carbocycles. The van der Waals surface area contributed by atoms with Crippen molar-refractivity contribution in [2.45, 2.75) is 18.7 Å². The molecule has 0 fully saturated rings. The van der Waals surface area contributed by atoms with E-state index in [0.29, 0.717) is 11.1 Å². The molecular formula is C8H10FNO2S. The minimum absolute atomic E-state index is 0.449. The molecule has 0 aliphatic rings. The van der Waals surface area contributed by atoms with E-state index in [9.17, 15) is 12.8 Å². The van der Waals surface area contributed by atoms with Crippen LogP contribution in [-0.4, -0.2) is 8.42 Å². The number of sulfonamides is 1. The SMILES string of the molecule is Cc1cc(F)c(S(N)(=O)=O)cc1C. The van der Waals surface area contributed by atoms with Gasteiger partial charge in [0.25, 0.3) is 0 Å². The van der Waals surface area contributed by atoms with E-state index in [1.165, 1.54) is 6.07 Å². The van der Waals surface area contributed by atoms with Crippen LogP contribution in [0.5, 0.6) is 0 Å². The lowest BCUT2D eigenvalue weighted by Crippen LogP contribution is -2.14. The zero-order valence-corrected chi connectivity index (χ0v) is 8.15. The Morgan fingerprint density at radius 2 is 1.69 bits per heavy atom. The summed E-state index contributed by atoms with van der Waals surface area (Å²) in [6.45, 7) is 3.40. The van der Waals surface area contributed by atoms with Crippen molar-refractivity contribution in [2.75, 3.05) is 0 Å². The molecule has 5 heteroatoms. The van der Waals surface area contributed by atoms with Crippen molar-refractivity contribution in [3.05, 3.63) is 29.1 Å². The summed E-state index contributed by atoms with van der Waals surface area (Å²) in [6, 6.07) is 2.40. The normalized spacial score (nSPS) is 11.7. The van der Waals surface area contributed by atoms with Gasteiger partial charge in [-0.3, -0.25) is 0 Å². The Morgan fingerprint density at radius 1 is 1.23 bits per heavy atom. The number of hydrogen-bond acceptors (Lipinski definition) is 2. The number of primary sulfonamides is 1. The summed E-state index contributed by atoms with van der Waals surface area (Å²) in [6.07, 6.45) is 0. The standard InChI is InChI=1S/C8H10FNO2S/c1-5-3-7(9)8(4-6(5)2)13(10,11)12/h3-4H,1-2H3,(H2,10,11,12). The van der Waals surface area contributed by atoms with Crippen LogP contribution in [0.15, 0.2) is 17.0 Å². The molecule has 0 aliphatic heterocycles. The van der Waals surface area contributed by atoms with E-state index in [4.69, 9.17) is 5.14 Å². The molecule has 0 bridgehead atoms. The first-order valence-electron chi connectivity index (χ1n) is 3.62. The molecule has 0 radical (unpaired) electrons. The fourth-order valence-electron chi connectivity index (χ4n) is 0.973. The molecule has 1 aromatic carbocycles. The molecule has 72 valence electrons. The zero-order valence-electron chi connectivity index (χ0n) is 7.33. The van der Waals surface area contributed by atoms with Crippen LogP contribution in [-0.2, 0) is 10.0 Å². The number of aryl methyl sites for hydroxylation is 2. The first-order valence-corrected chi connectivity index (χ1v) is 5.16. The lowest BCUT2D eigenvalue weighted by Gasteiger charge is -2.04. The molecule has 0 saturated heterocycles. The molecule has 0 amide bonds. The van der Waals surface area contributed by atoms with Crippen LogP contribution in [0, 0.1) is 19.7 Å². The lowest BCUT2D eigenvalue weighted by atomic mass is 10.1. The van der Waals surface area contributed by atoms with E-state index in [1.807, 2.05) is 0 Å². The number of nitrogens with two attached hydrogens (primary N) is 1. The summed E-state index contributed by atoms with van der Waals surface area (Å²) in [7, 11) is -3.95. The van der Waals surface area contributed by atoms with Crippen molar-refractivity contribution in [3.8, 4) is 0 Å². The summed E-state index contributed by atoms with van der Waals surface area (Å²) < 4.78 is 34.8. The second kappa shape index (κ2) is 3.08. The van der Waals surface area contributed by atoms with Gasteiger partial charge in [0.15, 0.2) is 0 Å².